The first kappa shape index (κ1) is 28.0. The number of aryl methyl sites for hydroxylation is 1. The van der Waals surface area contributed by atoms with Gasteiger partial charge in [-0.2, -0.15) is 0 Å². The van der Waals surface area contributed by atoms with Crippen molar-refractivity contribution in [1.82, 2.24) is 0 Å². The number of anilines is 1. The summed E-state index contributed by atoms with van der Waals surface area (Å²) in [5.74, 6) is 1.46. The Kier molecular flexibility index (Phi) is 8.16. The fourth-order valence-corrected chi connectivity index (χ4v) is 9.93. The summed E-state index contributed by atoms with van der Waals surface area (Å²) in [6.07, 6.45) is 11.8. The highest BCUT2D eigenvalue weighted by Crippen LogP contribution is 2.56. The van der Waals surface area contributed by atoms with Crippen LogP contribution in [-0.4, -0.2) is 39.5 Å². The highest BCUT2D eigenvalue weighted by molar-refractivity contribution is 7.92. The summed E-state index contributed by atoms with van der Waals surface area (Å²) < 4.78 is 41.3. The lowest BCUT2D eigenvalue weighted by Crippen LogP contribution is -2.25. The van der Waals surface area contributed by atoms with E-state index in [2.05, 4.69) is 29.0 Å². The number of sulfonamides is 1. The van der Waals surface area contributed by atoms with Crippen LogP contribution in [0.2, 0.25) is 0 Å². The lowest BCUT2D eigenvalue weighted by molar-refractivity contribution is -0.140. The first-order valence-corrected chi connectivity index (χ1v) is 17.9. The van der Waals surface area contributed by atoms with Crippen molar-refractivity contribution >= 4 is 30.3 Å². The summed E-state index contributed by atoms with van der Waals surface area (Å²) in [5.41, 5.74) is 7.12. The molecule has 3 fully saturated rings. The van der Waals surface area contributed by atoms with E-state index in [-0.39, 0.29) is 17.6 Å². The normalized spacial score (nSPS) is 20.6. The van der Waals surface area contributed by atoms with E-state index >= 15 is 0 Å². The zero-order valence-electron chi connectivity index (χ0n) is 23.8. The number of methoxy groups -OCH3 is 1. The molecule has 2 aromatic rings. The molecule has 2 aromatic carbocycles. The minimum absolute atomic E-state index is 0.164. The van der Waals surface area contributed by atoms with Crippen LogP contribution in [0.3, 0.4) is 0 Å². The van der Waals surface area contributed by atoms with Crippen LogP contribution in [0.15, 0.2) is 24.3 Å². The first-order chi connectivity index (χ1) is 19.3. The van der Waals surface area contributed by atoms with Gasteiger partial charge in [0.05, 0.1) is 30.8 Å². The Balaban J connectivity index is 1.48. The molecule has 3 saturated carbocycles. The molecule has 2 unspecified atom stereocenters. The number of hydrogen-bond donors (Lipinski definition) is 1. The van der Waals surface area contributed by atoms with Crippen molar-refractivity contribution in [1.29, 1.82) is 0 Å². The molecule has 0 aromatic heterocycles. The number of fused-ring (bicyclic) bond motifs is 1. The summed E-state index contributed by atoms with van der Waals surface area (Å²) in [6, 6.07) is 8.50. The molecule has 6 rings (SSSR count). The van der Waals surface area contributed by atoms with Crippen LogP contribution in [0.25, 0.3) is 11.1 Å². The van der Waals surface area contributed by atoms with Gasteiger partial charge in [0, 0.05) is 0 Å². The lowest BCUT2D eigenvalue weighted by Gasteiger charge is -2.28. The Morgan fingerprint density at radius 2 is 1.85 bits per heavy atom. The van der Waals surface area contributed by atoms with E-state index in [9.17, 15) is 13.2 Å². The number of carbonyl (C=O) groups excluding carboxylic acids is 1. The van der Waals surface area contributed by atoms with Gasteiger partial charge in [-0.15, -0.1) is 0 Å². The highest BCUT2D eigenvalue weighted by atomic mass is 32.2. The molecule has 6 nitrogen and oxygen atoms in total. The van der Waals surface area contributed by atoms with Gasteiger partial charge in [0.1, 0.15) is 5.75 Å². The van der Waals surface area contributed by atoms with E-state index < -0.39 is 15.7 Å². The minimum atomic E-state index is -3.53. The Labute approximate surface area is 240 Å². The van der Waals surface area contributed by atoms with E-state index in [4.69, 9.17) is 9.47 Å². The molecule has 0 amide bonds. The molecule has 4 aliphatic rings. The van der Waals surface area contributed by atoms with Gasteiger partial charge in [0.15, 0.2) is 0 Å². The third-order valence-electron chi connectivity index (χ3n) is 9.03. The molecule has 1 N–H and O–H groups in total. The third kappa shape index (κ3) is 6.21. The molecule has 0 radical (unpaired) electrons. The van der Waals surface area contributed by atoms with Gasteiger partial charge in [-0.1, -0.05) is 33.9 Å². The fourth-order valence-electron chi connectivity index (χ4n) is 6.59. The monoisotopic (exact) mass is 583 g/mol. The molecule has 0 saturated heterocycles. The number of hydrogen-bond acceptors (Lipinski definition) is 5. The summed E-state index contributed by atoms with van der Waals surface area (Å²) in [4.78, 5) is 13.4. The SMILES string of the molecule is COC(=O)C(PC1CC1)c1c(C)c(NS(=O)(=O)CC2CCCCC2)cc(C2CC2)c1-c1ccc2c(c1)CCCO2. The zero-order chi connectivity index (χ0) is 27.9. The Bertz CT molecular complexity index is 1380. The number of nitrogens with one attached hydrogen (secondary N) is 1. The number of carbonyl (C=O) groups is 1. The molecule has 1 aliphatic heterocycles. The molecule has 0 bridgehead atoms. The van der Waals surface area contributed by atoms with Crippen LogP contribution in [0.5, 0.6) is 5.75 Å². The second-order valence-electron chi connectivity index (χ2n) is 12.3. The van der Waals surface area contributed by atoms with Gasteiger partial charge in [0.25, 0.3) is 0 Å². The van der Waals surface area contributed by atoms with E-state index in [0.29, 0.717) is 25.8 Å². The lowest BCUT2D eigenvalue weighted by atomic mass is 9.85. The van der Waals surface area contributed by atoms with Crippen molar-refractivity contribution in [2.24, 2.45) is 5.92 Å². The third-order valence-corrected chi connectivity index (χ3v) is 12.4. The summed E-state index contributed by atoms with van der Waals surface area (Å²) in [6.45, 7) is 2.73. The van der Waals surface area contributed by atoms with Crippen LogP contribution < -0.4 is 9.46 Å². The molecule has 1 heterocycles. The minimum Gasteiger partial charge on any atom is -0.493 e. The second kappa shape index (κ2) is 11.6. The van der Waals surface area contributed by atoms with E-state index in [1.54, 1.807) is 0 Å². The van der Waals surface area contributed by atoms with Crippen LogP contribution >= 0.6 is 8.58 Å². The van der Waals surface area contributed by atoms with Gasteiger partial charge >= 0.3 is 5.97 Å². The van der Waals surface area contributed by atoms with E-state index in [1.165, 1.54) is 19.1 Å². The molecule has 40 heavy (non-hydrogen) atoms. The average molecular weight is 584 g/mol. The second-order valence-corrected chi connectivity index (χ2v) is 15.8. The van der Waals surface area contributed by atoms with Gasteiger partial charge < -0.3 is 9.47 Å². The van der Waals surface area contributed by atoms with Crippen molar-refractivity contribution in [3.05, 3.63) is 46.5 Å². The standard InChI is InChI=1S/C32H42NO5PS/c1-20-27(33-40(35,36)19-21-7-4-3-5-8-21)18-26(22-10-11-22)30(24-12-15-28-23(17-24)9-6-16-38-28)29(20)31(32(34)37-2)39-25-13-14-25/h12,15,17-18,21-22,25,31,33,39H,3-11,13-14,16,19H2,1-2H3. The number of rotatable bonds is 10. The van der Waals surface area contributed by atoms with Crippen molar-refractivity contribution in [2.45, 2.75) is 94.8 Å². The van der Waals surface area contributed by atoms with Gasteiger partial charge in [-0.25, -0.2) is 8.42 Å². The fraction of sp³-hybridized carbons (Fsp3) is 0.594. The Morgan fingerprint density at radius 1 is 1.07 bits per heavy atom. The maximum atomic E-state index is 13.5. The molecule has 3 aliphatic carbocycles. The Hall–Kier alpha value is -2.11. The maximum Gasteiger partial charge on any atom is 0.317 e. The molecule has 8 heteroatoms. The zero-order valence-corrected chi connectivity index (χ0v) is 25.6. The maximum absolute atomic E-state index is 13.5. The Morgan fingerprint density at radius 3 is 2.55 bits per heavy atom. The topological polar surface area (TPSA) is 81.7 Å². The molecular weight excluding hydrogens is 541 g/mol. The van der Waals surface area contributed by atoms with Crippen LogP contribution in [-0.2, 0) is 26.0 Å². The van der Waals surface area contributed by atoms with E-state index in [1.807, 2.05) is 6.92 Å². The molecule has 2 atom stereocenters. The average Bonchev–Trinajstić information content (AvgIpc) is 3.87. The van der Waals surface area contributed by atoms with Gasteiger partial charge in [-0.05, 0) is 127 Å². The first-order valence-electron chi connectivity index (χ1n) is 15.1. The summed E-state index contributed by atoms with van der Waals surface area (Å²) >= 11 is 0. The summed E-state index contributed by atoms with van der Waals surface area (Å²) in [7, 11) is -1.64. The van der Waals surface area contributed by atoms with Crippen molar-refractivity contribution < 1.29 is 22.7 Å². The van der Waals surface area contributed by atoms with Crippen LogP contribution in [0.4, 0.5) is 5.69 Å². The van der Waals surface area contributed by atoms with Crippen molar-refractivity contribution in [3.8, 4) is 16.9 Å². The van der Waals surface area contributed by atoms with Crippen LogP contribution in [0.1, 0.15) is 98.0 Å². The highest BCUT2D eigenvalue weighted by Gasteiger charge is 2.38. The summed E-state index contributed by atoms with van der Waals surface area (Å²) in [5, 5.41) is 0. The van der Waals surface area contributed by atoms with Crippen LogP contribution in [0, 0.1) is 12.8 Å². The number of ether oxygens (including phenoxy) is 2. The number of esters is 1. The number of benzene rings is 2. The molecular formula is C32H42NO5PS. The van der Waals surface area contributed by atoms with Crippen molar-refractivity contribution in [3.63, 3.8) is 0 Å². The quantitative estimate of drug-likeness (QED) is 0.236. The van der Waals surface area contributed by atoms with E-state index in [0.717, 1.165) is 104 Å². The largest absolute Gasteiger partial charge is 0.493 e. The smallest absolute Gasteiger partial charge is 0.317 e. The van der Waals surface area contributed by atoms with Gasteiger partial charge in [-0.3, -0.25) is 9.52 Å². The predicted octanol–water partition coefficient (Wildman–Crippen LogP) is 7.24. The molecule has 216 valence electrons. The van der Waals surface area contributed by atoms with Gasteiger partial charge in [0.2, 0.25) is 10.0 Å². The van der Waals surface area contributed by atoms with Crippen molar-refractivity contribution in [2.75, 3.05) is 24.2 Å². The molecule has 0 spiro atoms. The predicted molar refractivity (Wildman–Crippen MR) is 162 cm³/mol.